The van der Waals surface area contributed by atoms with Gasteiger partial charge in [-0.05, 0) is 68.9 Å². The Morgan fingerprint density at radius 3 is 2.63 bits per heavy atom. The lowest BCUT2D eigenvalue weighted by Crippen LogP contribution is -2.42. The van der Waals surface area contributed by atoms with Crippen LogP contribution in [0.5, 0.6) is 0 Å². The van der Waals surface area contributed by atoms with Crippen molar-refractivity contribution in [2.45, 2.75) is 65.1 Å². The topological polar surface area (TPSA) is 51.5 Å². The van der Waals surface area contributed by atoms with Gasteiger partial charge in [-0.1, -0.05) is 30.2 Å². The lowest BCUT2D eigenvalue weighted by atomic mass is 9.85. The number of benzene rings is 1. The number of hydrogen-bond donors (Lipinski definition) is 0. The third-order valence-electron chi connectivity index (χ3n) is 5.92. The fourth-order valence-electron chi connectivity index (χ4n) is 4.19. The highest BCUT2D eigenvalue weighted by molar-refractivity contribution is 6.30. The van der Waals surface area contributed by atoms with Crippen molar-refractivity contribution in [3.63, 3.8) is 0 Å². The maximum Gasteiger partial charge on any atom is 0.410 e. The quantitative estimate of drug-likeness (QED) is 0.669. The van der Waals surface area contributed by atoms with Crippen molar-refractivity contribution in [2.24, 2.45) is 5.92 Å². The van der Waals surface area contributed by atoms with Crippen LogP contribution >= 0.6 is 11.6 Å². The predicted octanol–water partition coefficient (Wildman–Crippen LogP) is 5.26. The maximum absolute atomic E-state index is 13.4. The molecular formula is C24H29ClN2O3. The van der Waals surface area contributed by atoms with Crippen molar-refractivity contribution >= 4 is 17.7 Å². The SMILES string of the molecule is CC(C)(C)OC(=O)N1CCc2c(cc(-c3cccc(Cl)c3)c(=O)n2CC2CCC2)C1. The zero-order valence-electron chi connectivity index (χ0n) is 17.9. The summed E-state index contributed by atoms with van der Waals surface area (Å²) in [6.45, 7) is 7.37. The molecule has 1 aliphatic carbocycles. The van der Waals surface area contributed by atoms with Gasteiger partial charge < -0.3 is 14.2 Å². The molecule has 0 atom stereocenters. The van der Waals surface area contributed by atoms with Gasteiger partial charge in [-0.2, -0.15) is 0 Å². The molecule has 5 nitrogen and oxygen atoms in total. The van der Waals surface area contributed by atoms with E-state index < -0.39 is 5.60 Å². The van der Waals surface area contributed by atoms with Crippen molar-refractivity contribution in [2.75, 3.05) is 6.54 Å². The van der Waals surface area contributed by atoms with E-state index in [4.69, 9.17) is 16.3 Å². The van der Waals surface area contributed by atoms with Crippen molar-refractivity contribution in [1.29, 1.82) is 0 Å². The van der Waals surface area contributed by atoms with E-state index in [0.717, 1.165) is 23.4 Å². The Bertz CT molecular complexity index is 1020. The van der Waals surface area contributed by atoms with Crippen LogP contribution < -0.4 is 5.56 Å². The minimum atomic E-state index is -0.535. The number of ether oxygens (including phenoxy) is 1. The first-order valence-electron chi connectivity index (χ1n) is 10.7. The summed E-state index contributed by atoms with van der Waals surface area (Å²) < 4.78 is 7.53. The predicted molar refractivity (Wildman–Crippen MR) is 119 cm³/mol. The van der Waals surface area contributed by atoms with Crippen LogP contribution in [-0.4, -0.2) is 27.7 Å². The number of hydrogen-bond acceptors (Lipinski definition) is 3. The highest BCUT2D eigenvalue weighted by Crippen LogP contribution is 2.31. The second-order valence-corrected chi connectivity index (χ2v) is 9.84. The molecule has 1 amide bonds. The largest absolute Gasteiger partial charge is 0.444 e. The number of aromatic nitrogens is 1. The van der Waals surface area contributed by atoms with Crippen molar-refractivity contribution < 1.29 is 9.53 Å². The highest BCUT2D eigenvalue weighted by Gasteiger charge is 2.29. The molecule has 1 aromatic carbocycles. The van der Waals surface area contributed by atoms with Gasteiger partial charge in [0.05, 0.1) is 6.54 Å². The van der Waals surface area contributed by atoms with E-state index in [9.17, 15) is 9.59 Å². The molecule has 6 heteroatoms. The summed E-state index contributed by atoms with van der Waals surface area (Å²) in [5.41, 5.74) is 3.02. The molecule has 2 heterocycles. The zero-order chi connectivity index (χ0) is 21.5. The van der Waals surface area contributed by atoms with Crippen LogP contribution in [0.4, 0.5) is 4.79 Å². The number of rotatable bonds is 3. The van der Waals surface area contributed by atoms with Crippen LogP contribution in [0.25, 0.3) is 11.1 Å². The summed E-state index contributed by atoms with van der Waals surface area (Å²) >= 11 is 6.19. The number of fused-ring (bicyclic) bond motifs is 1. The minimum Gasteiger partial charge on any atom is -0.444 e. The normalized spacial score (nSPS) is 16.7. The summed E-state index contributed by atoms with van der Waals surface area (Å²) in [6, 6.07) is 9.35. The molecular weight excluding hydrogens is 400 g/mol. The monoisotopic (exact) mass is 428 g/mol. The van der Waals surface area contributed by atoms with E-state index in [-0.39, 0.29) is 11.7 Å². The van der Waals surface area contributed by atoms with Crippen LogP contribution in [0.3, 0.4) is 0 Å². The van der Waals surface area contributed by atoms with Gasteiger partial charge in [-0.25, -0.2) is 4.79 Å². The molecule has 1 saturated carbocycles. The van der Waals surface area contributed by atoms with Crippen LogP contribution in [0.15, 0.2) is 35.1 Å². The Balaban J connectivity index is 1.73. The van der Waals surface area contributed by atoms with Gasteiger partial charge in [0.1, 0.15) is 5.60 Å². The highest BCUT2D eigenvalue weighted by atomic mass is 35.5. The Hall–Kier alpha value is -2.27. The van der Waals surface area contributed by atoms with Crippen molar-refractivity contribution in [3.05, 3.63) is 57.0 Å². The molecule has 0 spiro atoms. The van der Waals surface area contributed by atoms with Crippen LogP contribution in [-0.2, 0) is 24.2 Å². The molecule has 1 aromatic heterocycles. The molecule has 0 bridgehead atoms. The summed E-state index contributed by atoms with van der Waals surface area (Å²) in [4.78, 5) is 27.8. The Labute approximate surface area is 182 Å². The number of carbonyl (C=O) groups excluding carboxylic acids is 1. The Morgan fingerprint density at radius 1 is 1.23 bits per heavy atom. The Kier molecular flexibility index (Phi) is 5.67. The van der Waals surface area contributed by atoms with Crippen molar-refractivity contribution in [1.82, 2.24) is 9.47 Å². The number of halogens is 1. The van der Waals surface area contributed by atoms with Gasteiger partial charge in [-0.3, -0.25) is 4.79 Å². The number of pyridine rings is 1. The standard InChI is InChI=1S/C24H29ClN2O3/c1-24(2,3)30-23(29)26-11-10-21-18(15-26)13-20(17-8-5-9-19(25)12-17)22(28)27(21)14-16-6-4-7-16/h5,8-9,12-13,16H,4,6-7,10-11,14-15H2,1-3H3. The molecule has 0 unspecified atom stereocenters. The van der Waals surface area contributed by atoms with E-state index >= 15 is 0 Å². The maximum atomic E-state index is 13.4. The van der Waals surface area contributed by atoms with Gasteiger partial charge in [0.2, 0.25) is 0 Å². The molecule has 1 fully saturated rings. The van der Waals surface area contributed by atoms with Gasteiger partial charge in [-0.15, -0.1) is 0 Å². The summed E-state index contributed by atoms with van der Waals surface area (Å²) in [5.74, 6) is 0.560. The average molecular weight is 429 g/mol. The first-order chi connectivity index (χ1) is 14.2. The van der Waals surface area contributed by atoms with E-state index in [0.29, 0.717) is 36.0 Å². The first-order valence-corrected chi connectivity index (χ1v) is 11.1. The fourth-order valence-corrected chi connectivity index (χ4v) is 4.38. The van der Waals surface area contributed by atoms with Crippen LogP contribution in [0, 0.1) is 5.92 Å². The lowest BCUT2D eigenvalue weighted by Gasteiger charge is -2.34. The van der Waals surface area contributed by atoms with E-state index in [2.05, 4.69) is 0 Å². The Morgan fingerprint density at radius 2 is 2.00 bits per heavy atom. The van der Waals surface area contributed by atoms with Gasteiger partial charge in [0, 0.05) is 35.8 Å². The second-order valence-electron chi connectivity index (χ2n) is 9.40. The summed E-state index contributed by atoms with van der Waals surface area (Å²) in [7, 11) is 0. The molecule has 0 N–H and O–H groups in total. The fraction of sp³-hybridized carbons (Fsp3) is 0.500. The summed E-state index contributed by atoms with van der Waals surface area (Å²) in [6.07, 6.45) is 3.93. The van der Waals surface area contributed by atoms with Crippen molar-refractivity contribution in [3.8, 4) is 11.1 Å². The molecule has 1 aliphatic heterocycles. The molecule has 0 radical (unpaired) electrons. The first kappa shape index (κ1) is 21.0. The number of amides is 1. The van der Waals surface area contributed by atoms with Crippen LogP contribution in [0.2, 0.25) is 5.02 Å². The third kappa shape index (κ3) is 4.41. The average Bonchev–Trinajstić information content (AvgIpc) is 2.63. The second kappa shape index (κ2) is 8.10. The molecule has 4 rings (SSSR count). The molecule has 30 heavy (non-hydrogen) atoms. The summed E-state index contributed by atoms with van der Waals surface area (Å²) in [5, 5.41) is 0.602. The van der Waals surface area contributed by atoms with E-state index in [1.54, 1.807) is 11.0 Å². The minimum absolute atomic E-state index is 0.0358. The van der Waals surface area contributed by atoms with E-state index in [1.165, 1.54) is 19.3 Å². The molecule has 2 aliphatic rings. The zero-order valence-corrected chi connectivity index (χ0v) is 18.7. The molecule has 0 saturated heterocycles. The number of carbonyl (C=O) groups is 1. The van der Waals surface area contributed by atoms with Gasteiger partial charge >= 0.3 is 6.09 Å². The van der Waals surface area contributed by atoms with Gasteiger partial charge in [0.15, 0.2) is 0 Å². The lowest BCUT2D eigenvalue weighted by molar-refractivity contribution is 0.0221. The van der Waals surface area contributed by atoms with Gasteiger partial charge in [0.25, 0.3) is 5.56 Å². The molecule has 2 aromatic rings. The van der Waals surface area contributed by atoms with E-state index in [1.807, 2.05) is 49.6 Å². The van der Waals surface area contributed by atoms with Crippen LogP contribution in [0.1, 0.15) is 51.3 Å². The molecule has 160 valence electrons. The smallest absolute Gasteiger partial charge is 0.410 e. The number of nitrogens with zero attached hydrogens (tertiary/aromatic N) is 2. The third-order valence-corrected chi connectivity index (χ3v) is 6.16.